The van der Waals surface area contributed by atoms with Crippen LogP contribution in [0.3, 0.4) is 0 Å². The van der Waals surface area contributed by atoms with Crippen molar-refractivity contribution >= 4 is 40.7 Å². The molecule has 0 bridgehead atoms. The first-order valence-electron chi connectivity index (χ1n) is 7.52. The molecule has 0 aliphatic heterocycles. The average Bonchev–Trinajstić information content (AvgIpc) is 2.59. The molecule has 0 spiro atoms. The Bertz CT molecular complexity index is 768. The van der Waals surface area contributed by atoms with Gasteiger partial charge in [-0.25, -0.2) is 10.5 Å². The fourth-order valence-electron chi connectivity index (χ4n) is 2.10. The molecule has 25 heavy (non-hydrogen) atoms. The summed E-state index contributed by atoms with van der Waals surface area (Å²) in [6.07, 6.45) is 0. The van der Waals surface area contributed by atoms with Gasteiger partial charge in [-0.1, -0.05) is 37.0 Å². The third kappa shape index (κ3) is 4.67. The number of rotatable bonds is 5. The third-order valence-corrected chi connectivity index (χ3v) is 3.89. The zero-order valence-corrected chi connectivity index (χ0v) is 16.2. The Morgan fingerprint density at radius 2 is 1.76 bits per heavy atom. The largest absolute Gasteiger partial charge is 0.496 e. The van der Waals surface area contributed by atoms with Gasteiger partial charge in [0.25, 0.3) is 0 Å². The molecule has 0 unspecified atom stereocenters. The van der Waals surface area contributed by atoms with Crippen LogP contribution in [0.15, 0.2) is 5.11 Å². The van der Waals surface area contributed by atoms with E-state index in [1.807, 2.05) is 27.7 Å². The number of ether oxygens (including phenoxy) is 1. The van der Waals surface area contributed by atoms with Gasteiger partial charge in [-0.15, -0.1) is 0 Å². The van der Waals surface area contributed by atoms with Crippen LogP contribution in [0.4, 0.5) is 17.5 Å². The van der Waals surface area contributed by atoms with Crippen LogP contribution in [0, 0.1) is 19.4 Å². The highest BCUT2D eigenvalue weighted by molar-refractivity contribution is 6.32. The van der Waals surface area contributed by atoms with Crippen molar-refractivity contribution in [3.05, 3.63) is 27.1 Å². The number of methoxy groups -OCH3 is 1. The number of aromatic nitrogens is 3. The number of nitrogens with zero attached hydrogens (tertiary/aromatic N) is 4. The molecule has 8 nitrogen and oxygen atoms in total. The van der Waals surface area contributed by atoms with E-state index in [9.17, 15) is 0 Å². The quantitative estimate of drug-likeness (QED) is 0.389. The molecule has 0 amide bonds. The Hall–Kier alpha value is -2.19. The lowest BCUT2D eigenvalue weighted by Gasteiger charge is -2.15. The summed E-state index contributed by atoms with van der Waals surface area (Å²) in [5.74, 6) is 0.899. The second kappa shape index (κ2) is 9.33. The van der Waals surface area contributed by atoms with E-state index in [0.717, 1.165) is 11.1 Å². The monoisotopic (exact) mass is 385 g/mol. The van der Waals surface area contributed by atoms with Crippen molar-refractivity contribution in [2.75, 3.05) is 18.2 Å². The van der Waals surface area contributed by atoms with Crippen LogP contribution in [0.2, 0.25) is 10.3 Å². The van der Waals surface area contributed by atoms with Crippen molar-refractivity contribution in [3.63, 3.8) is 0 Å². The summed E-state index contributed by atoms with van der Waals surface area (Å²) in [7, 11) is 1.57. The van der Waals surface area contributed by atoms with E-state index in [1.165, 1.54) is 0 Å². The van der Waals surface area contributed by atoms with Crippen LogP contribution in [0.1, 0.15) is 30.7 Å². The van der Waals surface area contributed by atoms with Crippen LogP contribution < -0.4 is 15.8 Å². The van der Waals surface area contributed by atoms with E-state index in [2.05, 4.69) is 25.4 Å². The minimum absolute atomic E-state index is 0.000741. The zero-order valence-electron chi connectivity index (χ0n) is 14.7. The van der Waals surface area contributed by atoms with Gasteiger partial charge >= 0.3 is 0 Å². The lowest BCUT2D eigenvalue weighted by Crippen LogP contribution is -2.09. The number of nitrogens with one attached hydrogen (secondary N) is 2. The smallest absolute Gasteiger partial charge is 0.223 e. The second-order valence-electron chi connectivity index (χ2n) is 4.67. The average molecular weight is 386 g/mol. The molecule has 0 aromatic carbocycles. The fourth-order valence-corrected chi connectivity index (χ4v) is 2.51. The molecule has 0 radical (unpaired) electrons. The summed E-state index contributed by atoms with van der Waals surface area (Å²) in [5.41, 5.74) is 15.1. The number of hydrogen-bond acceptors (Lipinski definition) is 8. The first kappa shape index (κ1) is 20.9. The summed E-state index contributed by atoms with van der Waals surface area (Å²) in [4.78, 5) is 12.1. The molecule has 2 rings (SSSR count). The van der Waals surface area contributed by atoms with Gasteiger partial charge in [0.05, 0.1) is 19.3 Å². The number of halogens is 2. The molecule has 0 saturated heterocycles. The molecule has 2 aromatic heterocycles. The van der Waals surface area contributed by atoms with Crippen molar-refractivity contribution in [1.29, 1.82) is 5.53 Å². The van der Waals surface area contributed by atoms with Crippen molar-refractivity contribution in [3.8, 4) is 5.75 Å². The van der Waals surface area contributed by atoms with Crippen LogP contribution in [-0.4, -0.2) is 22.1 Å². The summed E-state index contributed by atoms with van der Waals surface area (Å²) in [6.45, 7) is 7.99. The van der Waals surface area contributed by atoms with E-state index in [-0.39, 0.29) is 29.2 Å². The van der Waals surface area contributed by atoms with Gasteiger partial charge in [0.15, 0.2) is 16.7 Å². The molecule has 0 aliphatic rings. The zero-order chi connectivity index (χ0) is 19.1. The van der Waals surface area contributed by atoms with Crippen molar-refractivity contribution in [2.45, 2.75) is 34.2 Å². The third-order valence-electron chi connectivity index (χ3n) is 3.25. The van der Waals surface area contributed by atoms with E-state index in [1.54, 1.807) is 7.11 Å². The molecule has 0 aliphatic carbocycles. The van der Waals surface area contributed by atoms with Crippen molar-refractivity contribution < 1.29 is 4.74 Å². The fraction of sp³-hybridized carbons (Fsp3) is 0.400. The highest BCUT2D eigenvalue weighted by atomic mass is 35.5. The maximum atomic E-state index is 7.17. The van der Waals surface area contributed by atoms with Crippen LogP contribution in [-0.2, 0) is 6.54 Å². The Balaban J connectivity index is 0.00000151. The molecule has 10 heteroatoms. The molecule has 136 valence electrons. The first-order valence-corrected chi connectivity index (χ1v) is 8.28. The lowest BCUT2D eigenvalue weighted by atomic mass is 10.1. The standard InChI is InChI=1S/C13H15Cl2N7O.C2H6/c1-5-7(19-10(14)6(2)9(5)23-3)4-18-12-8(22-17)11(15)20-13(16)21-12;1-2/h17H,4H2,1-3H3,(H3,16,18,20,21);1-2H3. The predicted octanol–water partition coefficient (Wildman–Crippen LogP) is 4.69. The van der Waals surface area contributed by atoms with Crippen molar-refractivity contribution in [2.24, 2.45) is 5.11 Å². The van der Waals surface area contributed by atoms with Crippen LogP contribution in [0.5, 0.6) is 5.75 Å². The van der Waals surface area contributed by atoms with E-state index >= 15 is 0 Å². The van der Waals surface area contributed by atoms with Gasteiger partial charge in [-0.05, 0) is 13.8 Å². The molecule has 0 saturated carbocycles. The summed E-state index contributed by atoms with van der Waals surface area (Å²) in [5, 5.41) is 6.67. The molecule has 4 N–H and O–H groups in total. The van der Waals surface area contributed by atoms with Gasteiger partial charge < -0.3 is 15.8 Å². The van der Waals surface area contributed by atoms with Gasteiger partial charge in [0.1, 0.15) is 10.9 Å². The maximum absolute atomic E-state index is 7.17. The number of anilines is 2. The molecular weight excluding hydrogens is 365 g/mol. The lowest BCUT2D eigenvalue weighted by molar-refractivity contribution is 0.407. The van der Waals surface area contributed by atoms with Crippen molar-refractivity contribution in [1.82, 2.24) is 15.0 Å². The minimum Gasteiger partial charge on any atom is -0.496 e. The Kier molecular flexibility index (Phi) is 7.79. The molecule has 2 heterocycles. The van der Waals surface area contributed by atoms with E-state index in [4.69, 9.17) is 39.2 Å². The molecule has 0 atom stereocenters. The predicted molar refractivity (Wildman–Crippen MR) is 100 cm³/mol. The summed E-state index contributed by atoms with van der Waals surface area (Å²) < 4.78 is 5.36. The Morgan fingerprint density at radius 1 is 1.12 bits per heavy atom. The topological polar surface area (TPSA) is 122 Å². The van der Waals surface area contributed by atoms with Gasteiger partial charge in [0.2, 0.25) is 5.95 Å². The minimum atomic E-state index is -0.0194. The molecular formula is C15H21Cl2N7O. The van der Waals surface area contributed by atoms with Gasteiger partial charge in [0, 0.05) is 11.1 Å². The maximum Gasteiger partial charge on any atom is 0.223 e. The number of pyridine rings is 1. The Morgan fingerprint density at radius 3 is 2.32 bits per heavy atom. The normalized spacial score (nSPS) is 9.88. The Labute approximate surface area is 156 Å². The highest BCUT2D eigenvalue weighted by Crippen LogP contribution is 2.33. The number of nitrogens with two attached hydrogens (primary N) is 1. The highest BCUT2D eigenvalue weighted by Gasteiger charge is 2.16. The molecule has 2 aromatic rings. The second-order valence-corrected chi connectivity index (χ2v) is 5.38. The van der Waals surface area contributed by atoms with E-state index in [0.29, 0.717) is 16.6 Å². The summed E-state index contributed by atoms with van der Waals surface area (Å²) >= 11 is 12.0. The molecule has 0 fully saturated rings. The van der Waals surface area contributed by atoms with Crippen LogP contribution >= 0.6 is 23.2 Å². The van der Waals surface area contributed by atoms with Crippen LogP contribution in [0.25, 0.3) is 0 Å². The first-order chi connectivity index (χ1) is 11.9. The van der Waals surface area contributed by atoms with E-state index < -0.39 is 0 Å². The SMILES string of the molecule is CC.COc1c(C)c(Cl)nc(CNc2nc(N)nc(Cl)c2N=N)c1C. The number of nitrogen functional groups attached to an aromatic ring is 1. The summed E-state index contributed by atoms with van der Waals surface area (Å²) in [6, 6.07) is 0. The number of hydrogen-bond donors (Lipinski definition) is 3. The van der Waals surface area contributed by atoms with Gasteiger partial charge in [-0.3, -0.25) is 0 Å². The van der Waals surface area contributed by atoms with Gasteiger partial charge in [-0.2, -0.15) is 15.1 Å².